The third-order valence-electron chi connectivity index (χ3n) is 5.08. The Kier molecular flexibility index (Phi) is 6.77. The normalized spacial score (nSPS) is 11.2. The van der Waals surface area contributed by atoms with Crippen molar-refractivity contribution in [3.05, 3.63) is 83.2 Å². The van der Waals surface area contributed by atoms with Crippen LogP contribution in [0.4, 0.5) is 33.9 Å². The van der Waals surface area contributed by atoms with Gasteiger partial charge in [-0.05, 0) is 48.5 Å². The number of alkyl halides is 3. The number of benzene rings is 3. The van der Waals surface area contributed by atoms with E-state index in [4.69, 9.17) is 4.74 Å². The highest BCUT2D eigenvalue weighted by molar-refractivity contribution is 6.05. The highest BCUT2D eigenvalue weighted by Crippen LogP contribution is 2.33. The number of halogens is 4. The van der Waals surface area contributed by atoms with Gasteiger partial charge in [-0.1, -0.05) is 12.1 Å². The topological polar surface area (TPSA) is 105 Å². The number of urea groups is 1. The van der Waals surface area contributed by atoms with Crippen LogP contribution in [-0.4, -0.2) is 29.3 Å². The number of aromatic nitrogens is 2. The van der Waals surface area contributed by atoms with E-state index in [1.807, 2.05) is 0 Å². The molecule has 0 bridgehead atoms. The van der Waals surface area contributed by atoms with E-state index in [1.54, 1.807) is 18.2 Å². The summed E-state index contributed by atoms with van der Waals surface area (Å²) >= 11 is 0. The smallest absolute Gasteiger partial charge is 0.416 e. The zero-order valence-electron chi connectivity index (χ0n) is 18.6. The molecule has 3 N–H and O–H groups in total. The molecule has 4 rings (SSSR count). The zero-order chi connectivity index (χ0) is 25.9. The van der Waals surface area contributed by atoms with Crippen LogP contribution in [0.15, 0.2) is 60.7 Å². The van der Waals surface area contributed by atoms with Gasteiger partial charge >= 0.3 is 18.2 Å². The summed E-state index contributed by atoms with van der Waals surface area (Å²) in [7, 11) is 1.24. The van der Waals surface area contributed by atoms with Gasteiger partial charge in [0.1, 0.15) is 18.2 Å². The Labute approximate surface area is 201 Å². The van der Waals surface area contributed by atoms with Crippen molar-refractivity contribution in [2.75, 3.05) is 17.7 Å². The first-order chi connectivity index (χ1) is 17.1. The molecular formula is C24H18F4N4O4. The predicted molar refractivity (Wildman–Crippen MR) is 122 cm³/mol. The molecule has 0 aliphatic heterocycles. The second kappa shape index (κ2) is 9.94. The van der Waals surface area contributed by atoms with Gasteiger partial charge in [0, 0.05) is 16.6 Å². The maximum atomic E-state index is 13.3. The summed E-state index contributed by atoms with van der Waals surface area (Å²) in [6.45, 7) is -0.460. The van der Waals surface area contributed by atoms with E-state index >= 15 is 0 Å². The second-order valence-electron chi connectivity index (χ2n) is 7.52. The fraction of sp³-hybridized carbons (Fsp3) is 0.125. The number of nitrogens with zero attached hydrogens (tertiary/aromatic N) is 1. The van der Waals surface area contributed by atoms with Gasteiger partial charge in [0.2, 0.25) is 0 Å². The fourth-order valence-corrected chi connectivity index (χ4v) is 3.39. The Bertz CT molecular complexity index is 1440. The van der Waals surface area contributed by atoms with Crippen LogP contribution in [0.25, 0.3) is 10.9 Å². The molecule has 36 heavy (non-hydrogen) atoms. The van der Waals surface area contributed by atoms with E-state index < -0.39 is 36.2 Å². The van der Waals surface area contributed by atoms with Crippen LogP contribution >= 0.6 is 0 Å². The average molecular weight is 502 g/mol. The van der Waals surface area contributed by atoms with Gasteiger partial charge in [0.05, 0.1) is 23.8 Å². The summed E-state index contributed by atoms with van der Waals surface area (Å²) in [4.78, 5) is 24.1. The van der Waals surface area contributed by atoms with Crippen LogP contribution in [0, 0.1) is 5.82 Å². The van der Waals surface area contributed by atoms with Crippen molar-refractivity contribution < 1.29 is 36.6 Å². The molecule has 8 nitrogen and oxygen atoms in total. The van der Waals surface area contributed by atoms with E-state index in [0.717, 1.165) is 12.1 Å². The molecule has 12 heteroatoms. The molecule has 3 aromatic carbocycles. The molecule has 0 aliphatic rings. The molecule has 0 aliphatic carbocycles. The second-order valence-corrected chi connectivity index (χ2v) is 7.52. The molecule has 0 fully saturated rings. The number of methoxy groups -OCH3 is 1. The van der Waals surface area contributed by atoms with Crippen LogP contribution < -0.4 is 15.4 Å². The molecule has 0 saturated heterocycles. The molecule has 1 aromatic heterocycles. The SMILES string of the molecule is COC(=O)c1cccc(NC(=O)Nc2n[nH]c3ccc(OCc4ccc(F)cc4C(F)(F)F)cc23)c1. The van der Waals surface area contributed by atoms with Crippen LogP contribution in [0.3, 0.4) is 0 Å². The summed E-state index contributed by atoms with van der Waals surface area (Å²) in [6.07, 6.45) is -4.74. The Morgan fingerprint density at radius 1 is 1.03 bits per heavy atom. The number of ether oxygens (including phenoxy) is 2. The number of aromatic amines is 1. The first-order valence-corrected chi connectivity index (χ1v) is 10.4. The number of hydrogen-bond acceptors (Lipinski definition) is 5. The van der Waals surface area contributed by atoms with E-state index in [1.165, 1.54) is 31.4 Å². The molecule has 0 unspecified atom stereocenters. The molecule has 0 atom stereocenters. The summed E-state index contributed by atoms with van der Waals surface area (Å²) in [5.74, 6) is -1.23. The van der Waals surface area contributed by atoms with Crippen molar-refractivity contribution in [3.8, 4) is 5.75 Å². The number of carbonyl (C=O) groups excluding carboxylic acids is 2. The van der Waals surface area contributed by atoms with Crippen molar-refractivity contribution >= 4 is 34.4 Å². The number of esters is 1. The van der Waals surface area contributed by atoms with Crippen molar-refractivity contribution in [2.24, 2.45) is 0 Å². The lowest BCUT2D eigenvalue weighted by Gasteiger charge is -2.14. The number of amides is 2. The van der Waals surface area contributed by atoms with Crippen LogP contribution in [0.5, 0.6) is 5.75 Å². The zero-order valence-corrected chi connectivity index (χ0v) is 18.6. The van der Waals surface area contributed by atoms with E-state index in [9.17, 15) is 27.2 Å². The standard InChI is InChI=1S/C24H18F4N4O4/c1-35-22(33)13-3-2-4-16(9-13)29-23(34)30-21-18-11-17(7-8-20(18)31-32-21)36-12-14-5-6-15(25)10-19(14)24(26,27)28/h2-11H,12H2,1H3,(H3,29,30,31,32,34). The van der Waals surface area contributed by atoms with Gasteiger partial charge in [0.15, 0.2) is 5.82 Å². The molecule has 186 valence electrons. The molecule has 0 saturated carbocycles. The van der Waals surface area contributed by atoms with Gasteiger partial charge in [0.25, 0.3) is 0 Å². The first-order valence-electron chi connectivity index (χ1n) is 10.4. The Balaban J connectivity index is 1.48. The average Bonchev–Trinajstić information content (AvgIpc) is 3.24. The Hall–Kier alpha value is -4.61. The van der Waals surface area contributed by atoms with Gasteiger partial charge < -0.3 is 14.8 Å². The van der Waals surface area contributed by atoms with E-state index in [2.05, 4.69) is 25.6 Å². The highest BCUT2D eigenvalue weighted by Gasteiger charge is 2.33. The van der Waals surface area contributed by atoms with Gasteiger partial charge in [-0.2, -0.15) is 18.3 Å². The number of fused-ring (bicyclic) bond motifs is 1. The molecule has 0 spiro atoms. The summed E-state index contributed by atoms with van der Waals surface area (Å²) in [5.41, 5.74) is -0.246. The number of carbonyl (C=O) groups is 2. The lowest BCUT2D eigenvalue weighted by molar-refractivity contribution is -0.138. The van der Waals surface area contributed by atoms with E-state index in [-0.39, 0.29) is 22.7 Å². The third-order valence-corrected chi connectivity index (χ3v) is 5.08. The van der Waals surface area contributed by atoms with Gasteiger partial charge in [-0.3, -0.25) is 10.4 Å². The molecular weight excluding hydrogens is 484 g/mol. The molecule has 0 radical (unpaired) electrons. The number of H-pyrrole nitrogens is 1. The maximum absolute atomic E-state index is 13.3. The number of rotatable bonds is 6. The minimum absolute atomic E-state index is 0.134. The number of nitrogens with one attached hydrogen (secondary N) is 3. The third kappa shape index (κ3) is 5.54. The highest BCUT2D eigenvalue weighted by atomic mass is 19.4. The van der Waals surface area contributed by atoms with E-state index in [0.29, 0.717) is 22.7 Å². The van der Waals surface area contributed by atoms with Gasteiger partial charge in [-0.15, -0.1) is 0 Å². The Morgan fingerprint density at radius 3 is 2.58 bits per heavy atom. The first kappa shape index (κ1) is 24.5. The van der Waals surface area contributed by atoms with Crippen LogP contribution in [-0.2, 0) is 17.5 Å². The fourth-order valence-electron chi connectivity index (χ4n) is 3.39. The minimum Gasteiger partial charge on any atom is -0.489 e. The van der Waals surface area contributed by atoms with Crippen LogP contribution in [0.1, 0.15) is 21.5 Å². The largest absolute Gasteiger partial charge is 0.489 e. The summed E-state index contributed by atoms with van der Waals surface area (Å²) in [6, 6.07) is 12.4. The summed E-state index contributed by atoms with van der Waals surface area (Å²) < 4.78 is 63.2. The summed E-state index contributed by atoms with van der Waals surface area (Å²) in [5, 5.41) is 12.3. The predicted octanol–water partition coefficient (Wildman–Crippen LogP) is 5.73. The van der Waals surface area contributed by atoms with Crippen molar-refractivity contribution in [1.29, 1.82) is 0 Å². The molecule has 1 heterocycles. The Morgan fingerprint density at radius 2 is 1.83 bits per heavy atom. The van der Waals surface area contributed by atoms with Crippen molar-refractivity contribution in [1.82, 2.24) is 10.2 Å². The van der Waals surface area contributed by atoms with Gasteiger partial charge in [-0.25, -0.2) is 14.0 Å². The molecule has 4 aromatic rings. The molecule has 2 amide bonds. The van der Waals surface area contributed by atoms with Crippen molar-refractivity contribution in [3.63, 3.8) is 0 Å². The quantitative estimate of drug-likeness (QED) is 0.231. The monoisotopic (exact) mass is 502 g/mol. The maximum Gasteiger partial charge on any atom is 0.416 e. The minimum atomic E-state index is -4.74. The lowest BCUT2D eigenvalue weighted by Crippen LogP contribution is -2.20. The number of anilines is 2. The lowest BCUT2D eigenvalue weighted by atomic mass is 10.1. The number of hydrogen-bond donors (Lipinski definition) is 3. The van der Waals surface area contributed by atoms with Crippen molar-refractivity contribution in [2.45, 2.75) is 12.8 Å². The van der Waals surface area contributed by atoms with Crippen LogP contribution in [0.2, 0.25) is 0 Å².